The van der Waals surface area contributed by atoms with Crippen LogP contribution >= 0.6 is 0 Å². The summed E-state index contributed by atoms with van der Waals surface area (Å²) in [5, 5.41) is 11.8. The summed E-state index contributed by atoms with van der Waals surface area (Å²) in [4.78, 5) is 20.2. The summed E-state index contributed by atoms with van der Waals surface area (Å²) in [6, 6.07) is 26.7. The number of benzene rings is 3. The molecule has 2 heterocycles. The fourth-order valence-electron chi connectivity index (χ4n) is 5.74. The smallest absolute Gasteiger partial charge is 0.339 e. The van der Waals surface area contributed by atoms with Crippen LogP contribution in [0.4, 0.5) is 0 Å². The Morgan fingerprint density at radius 3 is 2.12 bits per heavy atom. The van der Waals surface area contributed by atoms with E-state index in [1.165, 1.54) is 12.4 Å². The van der Waals surface area contributed by atoms with Gasteiger partial charge < -0.3 is 14.8 Å². The number of aliphatic hydroxyl groups is 1. The maximum atomic E-state index is 13.6. The van der Waals surface area contributed by atoms with Crippen molar-refractivity contribution in [2.75, 3.05) is 0 Å². The molecule has 2 aliphatic rings. The Morgan fingerprint density at radius 2 is 1.55 bits per heavy atom. The number of imidazole rings is 1. The number of esters is 1. The minimum absolute atomic E-state index is 0.0317. The number of H-pyrrole nitrogens is 1. The number of carbonyl (C=O) groups excluding carboxylic acids is 1. The molecule has 8 heteroatoms. The quantitative estimate of drug-likeness (QED) is 0.252. The number of aliphatic hydroxyl groups excluding tert-OH is 1. The molecule has 1 aromatic heterocycles. The van der Waals surface area contributed by atoms with Gasteiger partial charge in [0.1, 0.15) is 5.76 Å². The molecular formula is C32H30N2O5S. The van der Waals surface area contributed by atoms with Crippen molar-refractivity contribution in [3.8, 4) is 0 Å². The predicted octanol–water partition coefficient (Wildman–Crippen LogP) is 5.47. The summed E-state index contributed by atoms with van der Waals surface area (Å²) in [5.41, 5.74) is 2.33. The number of aromatic nitrogens is 2. The Morgan fingerprint density at radius 1 is 0.925 bits per heavy atom. The second kappa shape index (κ2) is 10.4. The van der Waals surface area contributed by atoms with Gasteiger partial charge in [-0.05, 0) is 41.0 Å². The van der Waals surface area contributed by atoms with Crippen molar-refractivity contribution in [2.24, 2.45) is 5.92 Å². The second-order valence-corrected chi connectivity index (χ2v) is 12.6. The number of nitrogens with one attached hydrogen (secondary N) is 1. The summed E-state index contributed by atoms with van der Waals surface area (Å²) in [7, 11) is -3.67. The van der Waals surface area contributed by atoms with E-state index in [0.717, 1.165) is 29.5 Å². The average molecular weight is 555 g/mol. The molecule has 1 aliphatic heterocycles. The molecule has 0 spiro atoms. The first-order chi connectivity index (χ1) is 19.3. The fraction of sp³-hybridized carbons (Fsp3) is 0.250. The first-order valence-electron chi connectivity index (χ1n) is 13.4. The van der Waals surface area contributed by atoms with Gasteiger partial charge in [-0.15, -0.1) is 0 Å². The van der Waals surface area contributed by atoms with Crippen LogP contribution in [0.2, 0.25) is 0 Å². The molecule has 1 atom stereocenters. The minimum Gasteiger partial charge on any atom is -0.507 e. The zero-order valence-corrected chi connectivity index (χ0v) is 22.7. The molecule has 6 rings (SSSR count). The van der Waals surface area contributed by atoms with Gasteiger partial charge in [0.25, 0.3) is 0 Å². The van der Waals surface area contributed by atoms with E-state index in [1.54, 1.807) is 12.1 Å². The van der Waals surface area contributed by atoms with Gasteiger partial charge in [0.05, 0.1) is 11.3 Å². The van der Waals surface area contributed by atoms with Crippen molar-refractivity contribution in [1.82, 2.24) is 9.97 Å². The SMILES string of the molecule is O=C1OC(Cc2ccccc2)(Cc2ccccc2)C(O)=C1C(c1cccc(CS(=O)(=O)c2ncc[nH]2)c1)C1CC1. The number of hydrogen-bond donors (Lipinski definition) is 2. The first-order valence-corrected chi connectivity index (χ1v) is 15.1. The molecule has 0 radical (unpaired) electrons. The van der Waals surface area contributed by atoms with Crippen LogP contribution < -0.4 is 0 Å². The molecule has 0 amide bonds. The Hall–Kier alpha value is -4.17. The van der Waals surface area contributed by atoms with Crippen LogP contribution in [0, 0.1) is 5.92 Å². The summed E-state index contributed by atoms with van der Waals surface area (Å²) < 4.78 is 31.9. The normalized spacial score (nSPS) is 17.6. The predicted molar refractivity (Wildman–Crippen MR) is 150 cm³/mol. The number of rotatable bonds is 10. The topological polar surface area (TPSA) is 109 Å². The first kappa shape index (κ1) is 26.1. The van der Waals surface area contributed by atoms with Crippen molar-refractivity contribution in [1.29, 1.82) is 0 Å². The van der Waals surface area contributed by atoms with Gasteiger partial charge in [-0.3, -0.25) is 0 Å². The van der Waals surface area contributed by atoms with E-state index in [9.17, 15) is 18.3 Å². The molecule has 1 fully saturated rings. The molecule has 0 bridgehead atoms. The van der Waals surface area contributed by atoms with Gasteiger partial charge in [0.15, 0.2) is 5.60 Å². The summed E-state index contributed by atoms with van der Waals surface area (Å²) in [5.74, 6) is -1.02. The van der Waals surface area contributed by atoms with E-state index >= 15 is 0 Å². The highest BCUT2D eigenvalue weighted by Gasteiger charge is 2.52. The second-order valence-electron chi connectivity index (χ2n) is 10.7. The van der Waals surface area contributed by atoms with Gasteiger partial charge >= 0.3 is 5.97 Å². The Labute approximate surface area is 233 Å². The largest absolute Gasteiger partial charge is 0.507 e. The third kappa shape index (κ3) is 5.19. The summed E-state index contributed by atoms with van der Waals surface area (Å²) in [6.07, 6.45) is 5.38. The zero-order chi connectivity index (χ0) is 27.7. The van der Waals surface area contributed by atoms with E-state index in [-0.39, 0.29) is 28.2 Å². The van der Waals surface area contributed by atoms with Gasteiger partial charge in [0.2, 0.25) is 15.0 Å². The van der Waals surface area contributed by atoms with Crippen LogP contribution in [-0.4, -0.2) is 35.1 Å². The lowest BCUT2D eigenvalue weighted by Crippen LogP contribution is -2.37. The molecule has 0 saturated heterocycles. The molecule has 40 heavy (non-hydrogen) atoms. The van der Waals surface area contributed by atoms with E-state index in [1.807, 2.05) is 72.8 Å². The molecular weight excluding hydrogens is 524 g/mol. The van der Waals surface area contributed by atoms with Crippen molar-refractivity contribution in [3.05, 3.63) is 131 Å². The maximum absolute atomic E-state index is 13.6. The van der Waals surface area contributed by atoms with Gasteiger partial charge in [0, 0.05) is 31.2 Å². The van der Waals surface area contributed by atoms with Gasteiger partial charge in [-0.2, -0.15) is 0 Å². The number of aromatic amines is 1. The summed E-state index contributed by atoms with van der Waals surface area (Å²) in [6.45, 7) is 0. The molecule has 4 aromatic rings. The maximum Gasteiger partial charge on any atom is 0.339 e. The van der Waals surface area contributed by atoms with E-state index in [0.29, 0.717) is 18.4 Å². The van der Waals surface area contributed by atoms with Crippen LogP contribution in [0.25, 0.3) is 0 Å². The molecule has 3 aromatic carbocycles. The van der Waals surface area contributed by atoms with Crippen LogP contribution in [0.5, 0.6) is 0 Å². The highest BCUT2D eigenvalue weighted by molar-refractivity contribution is 7.90. The monoisotopic (exact) mass is 554 g/mol. The Balaban J connectivity index is 1.39. The van der Waals surface area contributed by atoms with E-state index in [2.05, 4.69) is 9.97 Å². The number of ether oxygens (including phenoxy) is 1. The number of cyclic esters (lactones) is 1. The number of sulfone groups is 1. The lowest BCUT2D eigenvalue weighted by Gasteiger charge is -2.29. The van der Waals surface area contributed by atoms with Crippen molar-refractivity contribution < 1.29 is 23.1 Å². The standard InChI is InChI=1S/C32H30N2O5S/c35-29-28(30(36)39-32(29,19-22-8-3-1-4-9-22)20-23-10-5-2-6-11-23)27(25-14-15-25)26-13-7-12-24(18-26)21-40(37,38)31-33-16-17-34-31/h1-13,16-18,25,27,35H,14-15,19-21H2,(H,33,34). The van der Waals surface area contributed by atoms with Gasteiger partial charge in [-0.25, -0.2) is 18.2 Å². The number of hydrogen-bond acceptors (Lipinski definition) is 6. The highest BCUT2D eigenvalue weighted by Crippen LogP contribution is 2.51. The van der Waals surface area contributed by atoms with Crippen molar-refractivity contribution in [2.45, 2.75) is 48.1 Å². The van der Waals surface area contributed by atoms with Crippen LogP contribution in [0.1, 0.15) is 41.0 Å². The Bertz CT molecular complexity index is 1600. The molecule has 1 saturated carbocycles. The third-order valence-electron chi connectivity index (χ3n) is 7.70. The number of nitrogens with zero attached hydrogens (tertiary/aromatic N) is 1. The lowest BCUT2D eigenvalue weighted by atomic mass is 9.81. The van der Waals surface area contributed by atoms with Crippen molar-refractivity contribution in [3.63, 3.8) is 0 Å². The van der Waals surface area contributed by atoms with E-state index < -0.39 is 27.3 Å². The molecule has 1 aliphatic carbocycles. The summed E-state index contributed by atoms with van der Waals surface area (Å²) >= 11 is 0. The van der Waals surface area contributed by atoms with Crippen LogP contribution in [0.3, 0.4) is 0 Å². The van der Waals surface area contributed by atoms with Gasteiger partial charge in [-0.1, -0.05) is 84.9 Å². The third-order valence-corrected chi connectivity index (χ3v) is 9.22. The van der Waals surface area contributed by atoms with Crippen LogP contribution in [0.15, 0.2) is 114 Å². The molecule has 204 valence electrons. The number of carbonyl (C=O) groups is 1. The minimum atomic E-state index is -3.67. The molecule has 2 N–H and O–H groups in total. The Kier molecular flexibility index (Phi) is 6.80. The highest BCUT2D eigenvalue weighted by atomic mass is 32.2. The molecule has 7 nitrogen and oxygen atoms in total. The zero-order valence-electron chi connectivity index (χ0n) is 21.9. The van der Waals surface area contributed by atoms with Crippen molar-refractivity contribution >= 4 is 15.8 Å². The van der Waals surface area contributed by atoms with Crippen LogP contribution in [-0.2, 0) is 38.0 Å². The fourth-order valence-corrected chi connectivity index (χ4v) is 6.96. The average Bonchev–Trinajstić information content (AvgIpc) is 3.55. The van der Waals surface area contributed by atoms with E-state index in [4.69, 9.17) is 4.74 Å². The lowest BCUT2D eigenvalue weighted by molar-refractivity contribution is -0.148. The molecule has 1 unspecified atom stereocenters.